The quantitative estimate of drug-likeness (QED) is 0.717. The van der Waals surface area contributed by atoms with Crippen molar-refractivity contribution < 1.29 is 14.3 Å². The Morgan fingerprint density at radius 3 is 2.54 bits per heavy atom. The Kier molecular flexibility index (Phi) is 7.57. The molecule has 6 heteroatoms. The molecule has 1 aromatic carbocycles. The van der Waals surface area contributed by atoms with Crippen molar-refractivity contribution in [2.75, 3.05) is 53.5 Å². The number of methoxy groups -OCH3 is 2. The summed E-state index contributed by atoms with van der Waals surface area (Å²) in [5.41, 5.74) is 1.13. The van der Waals surface area contributed by atoms with E-state index in [-0.39, 0.29) is 6.04 Å². The van der Waals surface area contributed by atoms with Gasteiger partial charge in [-0.05, 0) is 50.6 Å². The average molecular weight is 390 g/mol. The van der Waals surface area contributed by atoms with Gasteiger partial charge < -0.3 is 14.4 Å². The lowest BCUT2D eigenvalue weighted by atomic mass is 10.00. The maximum atomic E-state index is 13.1. The van der Waals surface area contributed by atoms with Gasteiger partial charge in [0.2, 0.25) is 5.91 Å². The molecule has 1 atom stereocenters. The van der Waals surface area contributed by atoms with Crippen molar-refractivity contribution in [1.29, 1.82) is 0 Å². The van der Waals surface area contributed by atoms with E-state index in [0.717, 1.165) is 75.7 Å². The van der Waals surface area contributed by atoms with Crippen LogP contribution in [0.15, 0.2) is 18.2 Å². The predicted molar refractivity (Wildman–Crippen MR) is 111 cm³/mol. The lowest BCUT2D eigenvalue weighted by Gasteiger charge is -2.41. The van der Waals surface area contributed by atoms with Gasteiger partial charge in [0.25, 0.3) is 0 Å². The van der Waals surface area contributed by atoms with E-state index in [9.17, 15) is 4.79 Å². The van der Waals surface area contributed by atoms with Crippen molar-refractivity contribution in [3.63, 3.8) is 0 Å². The molecule has 0 N–H and O–H groups in total. The summed E-state index contributed by atoms with van der Waals surface area (Å²) in [6, 6.07) is 6.02. The molecule has 2 heterocycles. The van der Waals surface area contributed by atoms with E-state index in [1.807, 2.05) is 18.2 Å². The van der Waals surface area contributed by atoms with Crippen LogP contribution in [0.2, 0.25) is 0 Å². The molecule has 156 valence electrons. The minimum atomic E-state index is 0.0960. The number of amides is 1. The standard InChI is InChI=1S/C22H35N3O3/c1-4-10-24-11-6-5-7-20(24)22(26)25-14-12-23(13-15-25)17-18-16-19(27-2)8-9-21(18)28-3/h8-9,16,20H,4-7,10-15,17H2,1-3H3. The number of rotatable bonds is 7. The van der Waals surface area contributed by atoms with Crippen LogP contribution in [0.1, 0.15) is 38.2 Å². The van der Waals surface area contributed by atoms with E-state index in [1.165, 1.54) is 12.8 Å². The van der Waals surface area contributed by atoms with Gasteiger partial charge in [-0.2, -0.15) is 0 Å². The molecule has 2 saturated heterocycles. The van der Waals surface area contributed by atoms with Crippen LogP contribution in [-0.2, 0) is 11.3 Å². The molecular formula is C22H35N3O3. The van der Waals surface area contributed by atoms with Crippen molar-refractivity contribution in [1.82, 2.24) is 14.7 Å². The van der Waals surface area contributed by atoms with Gasteiger partial charge in [-0.3, -0.25) is 14.6 Å². The van der Waals surface area contributed by atoms with Crippen LogP contribution in [0, 0.1) is 0 Å². The van der Waals surface area contributed by atoms with E-state index < -0.39 is 0 Å². The highest BCUT2D eigenvalue weighted by molar-refractivity contribution is 5.82. The molecular weight excluding hydrogens is 354 g/mol. The molecule has 1 amide bonds. The first kappa shape index (κ1) is 20.9. The zero-order valence-corrected chi connectivity index (χ0v) is 17.7. The SMILES string of the molecule is CCCN1CCCCC1C(=O)N1CCN(Cc2cc(OC)ccc2OC)CC1. The number of ether oxygens (including phenoxy) is 2. The molecule has 0 radical (unpaired) electrons. The zero-order chi connectivity index (χ0) is 19.9. The van der Waals surface area contributed by atoms with Crippen LogP contribution in [0.5, 0.6) is 11.5 Å². The lowest BCUT2D eigenvalue weighted by Crippen LogP contribution is -2.56. The Balaban J connectivity index is 1.56. The van der Waals surface area contributed by atoms with Gasteiger partial charge in [0.05, 0.1) is 20.3 Å². The molecule has 1 aromatic rings. The second-order valence-electron chi connectivity index (χ2n) is 7.83. The molecule has 2 aliphatic rings. The largest absolute Gasteiger partial charge is 0.497 e. The normalized spacial score (nSPS) is 21.5. The number of piperazine rings is 1. The summed E-state index contributed by atoms with van der Waals surface area (Å²) in [5.74, 6) is 2.07. The number of carbonyl (C=O) groups excluding carboxylic acids is 1. The minimum Gasteiger partial charge on any atom is -0.497 e. The number of hydrogen-bond acceptors (Lipinski definition) is 5. The third kappa shape index (κ3) is 4.97. The minimum absolute atomic E-state index is 0.0960. The Labute approximate surface area is 169 Å². The van der Waals surface area contributed by atoms with Crippen molar-refractivity contribution >= 4 is 5.91 Å². The second-order valence-corrected chi connectivity index (χ2v) is 7.83. The second kappa shape index (κ2) is 10.1. The van der Waals surface area contributed by atoms with Crippen molar-refractivity contribution in [2.24, 2.45) is 0 Å². The first-order chi connectivity index (χ1) is 13.7. The van der Waals surface area contributed by atoms with Gasteiger partial charge in [-0.1, -0.05) is 13.3 Å². The third-order valence-corrected chi connectivity index (χ3v) is 5.98. The van der Waals surface area contributed by atoms with Gasteiger partial charge in [0.1, 0.15) is 11.5 Å². The number of nitrogens with zero attached hydrogens (tertiary/aromatic N) is 3. The highest BCUT2D eigenvalue weighted by atomic mass is 16.5. The summed E-state index contributed by atoms with van der Waals surface area (Å²) in [5, 5.41) is 0. The van der Waals surface area contributed by atoms with E-state index in [0.29, 0.717) is 5.91 Å². The van der Waals surface area contributed by atoms with Crippen molar-refractivity contribution in [2.45, 2.75) is 45.2 Å². The molecule has 28 heavy (non-hydrogen) atoms. The lowest BCUT2D eigenvalue weighted by molar-refractivity contribution is -0.140. The molecule has 0 aliphatic carbocycles. The van der Waals surface area contributed by atoms with Gasteiger partial charge in [0.15, 0.2) is 0 Å². The maximum Gasteiger partial charge on any atom is 0.240 e. The van der Waals surface area contributed by atoms with Crippen molar-refractivity contribution in [3.05, 3.63) is 23.8 Å². The Morgan fingerprint density at radius 2 is 1.86 bits per heavy atom. The average Bonchev–Trinajstić information content (AvgIpc) is 2.74. The zero-order valence-electron chi connectivity index (χ0n) is 17.7. The van der Waals surface area contributed by atoms with E-state index in [4.69, 9.17) is 9.47 Å². The van der Waals surface area contributed by atoms with Crippen LogP contribution >= 0.6 is 0 Å². The van der Waals surface area contributed by atoms with Crippen LogP contribution in [0.25, 0.3) is 0 Å². The fourth-order valence-electron chi connectivity index (χ4n) is 4.41. The smallest absolute Gasteiger partial charge is 0.240 e. The predicted octanol–water partition coefficient (Wildman–Crippen LogP) is 2.61. The van der Waals surface area contributed by atoms with Gasteiger partial charge in [-0.15, -0.1) is 0 Å². The molecule has 0 saturated carbocycles. The molecule has 6 nitrogen and oxygen atoms in total. The maximum absolute atomic E-state index is 13.1. The summed E-state index contributed by atoms with van der Waals surface area (Å²) in [6.45, 7) is 8.52. The van der Waals surface area contributed by atoms with E-state index in [1.54, 1.807) is 14.2 Å². The molecule has 0 bridgehead atoms. The highest BCUT2D eigenvalue weighted by Gasteiger charge is 2.32. The first-order valence-corrected chi connectivity index (χ1v) is 10.6. The Morgan fingerprint density at radius 1 is 1.07 bits per heavy atom. The molecule has 2 aliphatic heterocycles. The summed E-state index contributed by atoms with van der Waals surface area (Å²) in [4.78, 5) is 20.0. The van der Waals surface area contributed by atoms with Crippen LogP contribution < -0.4 is 9.47 Å². The van der Waals surface area contributed by atoms with Crippen molar-refractivity contribution in [3.8, 4) is 11.5 Å². The Hall–Kier alpha value is -1.79. The van der Waals surface area contributed by atoms with Gasteiger partial charge >= 0.3 is 0 Å². The fraction of sp³-hybridized carbons (Fsp3) is 0.682. The molecule has 1 unspecified atom stereocenters. The monoisotopic (exact) mass is 389 g/mol. The van der Waals surface area contributed by atoms with Crippen LogP contribution in [-0.4, -0.2) is 80.1 Å². The summed E-state index contributed by atoms with van der Waals surface area (Å²) >= 11 is 0. The van der Waals surface area contributed by atoms with Gasteiger partial charge in [0, 0.05) is 38.3 Å². The summed E-state index contributed by atoms with van der Waals surface area (Å²) in [7, 11) is 3.39. The number of carbonyl (C=O) groups is 1. The fourth-order valence-corrected chi connectivity index (χ4v) is 4.41. The Bertz CT molecular complexity index is 642. The number of piperidine rings is 1. The number of benzene rings is 1. The highest BCUT2D eigenvalue weighted by Crippen LogP contribution is 2.26. The molecule has 2 fully saturated rings. The number of likely N-dealkylation sites (tertiary alicyclic amines) is 1. The number of hydrogen-bond donors (Lipinski definition) is 0. The summed E-state index contributed by atoms with van der Waals surface area (Å²) in [6.07, 6.45) is 4.52. The third-order valence-electron chi connectivity index (χ3n) is 5.98. The first-order valence-electron chi connectivity index (χ1n) is 10.6. The van der Waals surface area contributed by atoms with E-state index >= 15 is 0 Å². The van der Waals surface area contributed by atoms with Crippen LogP contribution in [0.3, 0.4) is 0 Å². The molecule has 0 spiro atoms. The van der Waals surface area contributed by atoms with Crippen LogP contribution in [0.4, 0.5) is 0 Å². The summed E-state index contributed by atoms with van der Waals surface area (Å²) < 4.78 is 10.9. The topological polar surface area (TPSA) is 45.3 Å². The molecule has 3 rings (SSSR count). The molecule has 0 aromatic heterocycles. The van der Waals surface area contributed by atoms with Gasteiger partial charge in [-0.25, -0.2) is 0 Å². The van der Waals surface area contributed by atoms with E-state index in [2.05, 4.69) is 21.6 Å².